The minimum atomic E-state index is -0.612. The lowest BCUT2D eigenvalue weighted by atomic mass is 10.1. The van der Waals surface area contributed by atoms with Gasteiger partial charge in [-0.3, -0.25) is 4.79 Å². The predicted molar refractivity (Wildman–Crippen MR) is 75.5 cm³/mol. The molecule has 5 nitrogen and oxygen atoms in total. The molecule has 3 rings (SSSR count). The van der Waals surface area contributed by atoms with Gasteiger partial charge in [-0.05, 0) is 25.1 Å². The van der Waals surface area contributed by atoms with Crippen molar-refractivity contribution >= 4 is 16.8 Å². The second-order valence-electron chi connectivity index (χ2n) is 5.45. The first-order valence-corrected chi connectivity index (χ1v) is 7.01. The normalized spacial score (nSPS) is 22.3. The second-order valence-corrected chi connectivity index (χ2v) is 5.45. The molecule has 1 fully saturated rings. The third kappa shape index (κ3) is 2.46. The highest BCUT2D eigenvalue weighted by Gasteiger charge is 2.31. The van der Waals surface area contributed by atoms with Crippen molar-refractivity contribution in [1.82, 2.24) is 9.88 Å². The molecule has 0 bridgehead atoms. The molecule has 1 aromatic carbocycles. The number of fused-ring (bicyclic) bond motifs is 1. The predicted octanol–water partition coefficient (Wildman–Crippen LogP) is 1.67. The highest BCUT2D eigenvalue weighted by molar-refractivity contribution is 5.98. The summed E-state index contributed by atoms with van der Waals surface area (Å²) in [6, 6.07) is 3.17. The zero-order valence-electron chi connectivity index (χ0n) is 12.0. The number of carbonyl (C=O) groups is 1. The molecule has 0 radical (unpaired) electrons. The molecule has 2 N–H and O–H groups in total. The number of aliphatic hydroxyl groups excluding tert-OH is 1. The quantitative estimate of drug-likeness (QED) is 0.887. The van der Waals surface area contributed by atoms with Gasteiger partial charge in [-0.1, -0.05) is 0 Å². The summed E-state index contributed by atoms with van der Waals surface area (Å²) in [7, 11) is 0. The summed E-state index contributed by atoms with van der Waals surface area (Å²) >= 11 is 0. The fourth-order valence-corrected chi connectivity index (χ4v) is 2.63. The molecule has 1 amide bonds. The number of carbonyl (C=O) groups excluding carboxylic acids is 1. The highest BCUT2D eigenvalue weighted by Crippen LogP contribution is 2.23. The largest absolute Gasteiger partial charge is 0.394 e. The summed E-state index contributed by atoms with van der Waals surface area (Å²) in [5.41, 5.74) is 0.0902. The Balaban J connectivity index is 1.94. The number of hydrogen-bond donors (Lipinski definition) is 2. The van der Waals surface area contributed by atoms with Crippen LogP contribution >= 0.6 is 0 Å². The van der Waals surface area contributed by atoms with Crippen LogP contribution in [0.1, 0.15) is 17.4 Å². The Kier molecular flexibility index (Phi) is 3.84. The molecule has 118 valence electrons. The number of H-pyrrole nitrogens is 1. The van der Waals surface area contributed by atoms with E-state index < -0.39 is 17.7 Å². The van der Waals surface area contributed by atoms with Crippen LogP contribution in [0, 0.1) is 11.6 Å². The average Bonchev–Trinajstić information content (AvgIpc) is 2.97. The number of rotatable bonds is 2. The van der Waals surface area contributed by atoms with Gasteiger partial charge in [0.2, 0.25) is 0 Å². The van der Waals surface area contributed by atoms with Gasteiger partial charge >= 0.3 is 0 Å². The average molecular weight is 310 g/mol. The molecule has 0 aliphatic carbocycles. The Morgan fingerprint density at radius 2 is 2.18 bits per heavy atom. The zero-order valence-corrected chi connectivity index (χ0v) is 12.0. The minimum Gasteiger partial charge on any atom is -0.394 e. The molecule has 1 aromatic heterocycles. The molecule has 0 spiro atoms. The first-order valence-electron chi connectivity index (χ1n) is 7.01. The van der Waals surface area contributed by atoms with E-state index in [-0.39, 0.29) is 41.7 Å². The summed E-state index contributed by atoms with van der Waals surface area (Å²) in [4.78, 5) is 16.8. The number of benzene rings is 1. The maximum absolute atomic E-state index is 13.7. The van der Waals surface area contributed by atoms with Gasteiger partial charge in [0.15, 0.2) is 0 Å². The topological polar surface area (TPSA) is 65.6 Å². The molecule has 0 saturated carbocycles. The molecule has 22 heavy (non-hydrogen) atoms. The molecular weight excluding hydrogens is 294 g/mol. The van der Waals surface area contributed by atoms with Gasteiger partial charge in [-0.15, -0.1) is 0 Å². The minimum absolute atomic E-state index is 0.0250. The van der Waals surface area contributed by atoms with E-state index in [9.17, 15) is 13.6 Å². The third-order valence-corrected chi connectivity index (χ3v) is 3.89. The van der Waals surface area contributed by atoms with Crippen LogP contribution in [-0.4, -0.2) is 52.8 Å². The summed E-state index contributed by atoms with van der Waals surface area (Å²) in [5.74, 6) is -1.57. The van der Waals surface area contributed by atoms with E-state index in [1.165, 1.54) is 11.0 Å². The van der Waals surface area contributed by atoms with Crippen LogP contribution < -0.4 is 0 Å². The molecule has 2 atom stereocenters. The molecule has 7 heteroatoms. The summed E-state index contributed by atoms with van der Waals surface area (Å²) in [6.07, 6.45) is -0.446. The number of nitrogens with zero attached hydrogens (tertiary/aromatic N) is 1. The summed E-state index contributed by atoms with van der Waals surface area (Å²) < 4.78 is 32.8. The molecule has 1 aliphatic heterocycles. The Morgan fingerprint density at radius 3 is 2.86 bits per heavy atom. The monoisotopic (exact) mass is 310 g/mol. The van der Waals surface area contributed by atoms with Gasteiger partial charge < -0.3 is 19.7 Å². The standard InChI is InChI=1S/C15H16F2N2O3/c1-8-7-22-9(6-20)5-19(8)15(21)13-4-10-11(16)2-3-12(17)14(10)18-13/h2-4,8-9,18,20H,5-7H2,1H3/t8-,9+/m0/s1. The maximum atomic E-state index is 13.7. The van der Waals surface area contributed by atoms with Crippen LogP contribution in [0.5, 0.6) is 0 Å². The van der Waals surface area contributed by atoms with Crippen LogP contribution in [0.4, 0.5) is 8.78 Å². The maximum Gasteiger partial charge on any atom is 0.270 e. The Morgan fingerprint density at radius 1 is 1.45 bits per heavy atom. The van der Waals surface area contributed by atoms with Crippen LogP contribution in [-0.2, 0) is 4.74 Å². The van der Waals surface area contributed by atoms with Gasteiger partial charge in [-0.25, -0.2) is 8.78 Å². The van der Waals surface area contributed by atoms with Gasteiger partial charge in [-0.2, -0.15) is 0 Å². The lowest BCUT2D eigenvalue weighted by Crippen LogP contribution is -2.52. The summed E-state index contributed by atoms with van der Waals surface area (Å²) in [5, 5.41) is 9.21. The van der Waals surface area contributed by atoms with E-state index in [1.54, 1.807) is 0 Å². The lowest BCUT2D eigenvalue weighted by molar-refractivity contribution is -0.0668. The third-order valence-electron chi connectivity index (χ3n) is 3.89. The lowest BCUT2D eigenvalue weighted by Gasteiger charge is -2.37. The highest BCUT2D eigenvalue weighted by atomic mass is 19.1. The van der Waals surface area contributed by atoms with Gasteiger partial charge in [0, 0.05) is 11.9 Å². The van der Waals surface area contributed by atoms with Crippen molar-refractivity contribution in [2.45, 2.75) is 19.1 Å². The number of morpholine rings is 1. The van der Waals surface area contributed by atoms with Gasteiger partial charge in [0.25, 0.3) is 5.91 Å². The Bertz CT molecular complexity index is 677. The molecule has 2 heterocycles. The number of aromatic amines is 1. The fourth-order valence-electron chi connectivity index (χ4n) is 2.63. The van der Waals surface area contributed by atoms with Gasteiger partial charge in [0.1, 0.15) is 17.3 Å². The van der Waals surface area contributed by atoms with Crippen LogP contribution in [0.3, 0.4) is 0 Å². The number of aliphatic hydroxyl groups is 1. The number of hydrogen-bond acceptors (Lipinski definition) is 3. The van der Waals surface area contributed by atoms with Crippen molar-refractivity contribution in [3.05, 3.63) is 35.5 Å². The SMILES string of the molecule is C[C@H]1CO[C@@H](CO)CN1C(=O)c1cc2c(F)ccc(F)c2[nH]1. The van der Waals surface area contributed by atoms with Gasteiger partial charge in [0.05, 0.1) is 30.9 Å². The van der Waals surface area contributed by atoms with Crippen molar-refractivity contribution in [2.24, 2.45) is 0 Å². The van der Waals surface area contributed by atoms with Crippen molar-refractivity contribution in [3.8, 4) is 0 Å². The van der Waals surface area contributed by atoms with Crippen molar-refractivity contribution in [3.63, 3.8) is 0 Å². The van der Waals surface area contributed by atoms with E-state index in [2.05, 4.69) is 4.98 Å². The Labute approximate surface area is 125 Å². The molecule has 0 unspecified atom stereocenters. The van der Waals surface area contributed by atoms with Crippen molar-refractivity contribution < 1.29 is 23.4 Å². The zero-order chi connectivity index (χ0) is 15.9. The number of halogens is 2. The number of nitrogens with one attached hydrogen (secondary N) is 1. The van der Waals surface area contributed by atoms with E-state index >= 15 is 0 Å². The molecule has 1 saturated heterocycles. The van der Waals surface area contributed by atoms with E-state index in [0.29, 0.717) is 6.61 Å². The molecule has 1 aliphatic rings. The van der Waals surface area contributed by atoms with Crippen LogP contribution in [0.25, 0.3) is 10.9 Å². The number of amides is 1. The van der Waals surface area contributed by atoms with E-state index in [1.807, 2.05) is 6.92 Å². The fraction of sp³-hybridized carbons (Fsp3) is 0.400. The molecular formula is C15H16F2N2O3. The molecule has 2 aromatic rings. The summed E-state index contributed by atoms with van der Waals surface area (Å²) in [6.45, 7) is 2.17. The first kappa shape index (κ1) is 14.9. The van der Waals surface area contributed by atoms with Crippen molar-refractivity contribution in [1.29, 1.82) is 0 Å². The van der Waals surface area contributed by atoms with Crippen LogP contribution in [0.2, 0.25) is 0 Å². The Hall–Kier alpha value is -1.99. The first-order chi connectivity index (χ1) is 10.5. The number of aromatic nitrogens is 1. The smallest absolute Gasteiger partial charge is 0.270 e. The second kappa shape index (κ2) is 5.66. The van der Waals surface area contributed by atoms with Crippen molar-refractivity contribution in [2.75, 3.05) is 19.8 Å². The number of ether oxygens (including phenoxy) is 1. The van der Waals surface area contributed by atoms with Crippen LogP contribution in [0.15, 0.2) is 18.2 Å². The van der Waals surface area contributed by atoms with E-state index in [0.717, 1.165) is 12.1 Å². The van der Waals surface area contributed by atoms with E-state index in [4.69, 9.17) is 9.84 Å².